The first-order valence-electron chi connectivity index (χ1n) is 12.6. The molecule has 3 aliphatic carbocycles. The van der Waals surface area contributed by atoms with E-state index in [1.165, 1.54) is 11.1 Å². The van der Waals surface area contributed by atoms with Crippen LogP contribution in [0.2, 0.25) is 0 Å². The monoisotopic (exact) mass is 476 g/mol. The average Bonchev–Trinajstić information content (AvgIpc) is 3.62. The van der Waals surface area contributed by atoms with E-state index in [9.17, 15) is 19.5 Å². The zero-order valence-electron chi connectivity index (χ0n) is 19.8. The lowest BCUT2D eigenvalue weighted by Crippen LogP contribution is -2.54. The van der Waals surface area contributed by atoms with Gasteiger partial charge in [-0.05, 0) is 47.4 Å². The lowest BCUT2D eigenvalue weighted by molar-refractivity contribution is -0.148. The van der Waals surface area contributed by atoms with Crippen LogP contribution < -0.4 is 10.6 Å². The second kappa shape index (κ2) is 9.72. The number of carbonyl (C=O) groups is 3. The number of carbonyl (C=O) groups excluding carboxylic acids is 2. The van der Waals surface area contributed by atoms with Gasteiger partial charge in [-0.25, -0.2) is 9.59 Å². The Morgan fingerprint density at radius 1 is 0.914 bits per heavy atom. The zero-order chi connectivity index (χ0) is 24.4. The average molecular weight is 477 g/mol. The summed E-state index contributed by atoms with van der Waals surface area (Å²) in [5, 5.41) is 15.4. The number of hydrogen-bond donors (Lipinski definition) is 3. The van der Waals surface area contributed by atoms with Crippen molar-refractivity contribution in [2.24, 2.45) is 11.8 Å². The summed E-state index contributed by atoms with van der Waals surface area (Å²) in [6.45, 7) is 0.588. The third kappa shape index (κ3) is 4.77. The maximum Gasteiger partial charge on any atom is 0.407 e. The number of amides is 2. The van der Waals surface area contributed by atoms with Gasteiger partial charge >= 0.3 is 12.1 Å². The molecule has 0 aromatic heterocycles. The largest absolute Gasteiger partial charge is 0.480 e. The van der Waals surface area contributed by atoms with Crippen LogP contribution in [0.25, 0.3) is 11.1 Å². The third-order valence-electron chi connectivity index (χ3n) is 7.84. The molecule has 3 aliphatic rings. The number of benzene rings is 2. The SMILES string of the molecule is O=C(NC[C@@H]1C[C@@H]1C(=O)NC1(C(=O)O)CCCCCC1)OCC1c2ccccc2-c2ccccc21. The first-order chi connectivity index (χ1) is 17.0. The quantitative estimate of drug-likeness (QED) is 0.512. The molecule has 0 bridgehead atoms. The summed E-state index contributed by atoms with van der Waals surface area (Å²) in [6, 6.07) is 16.4. The Balaban J connectivity index is 1.11. The van der Waals surface area contributed by atoms with Crippen LogP contribution in [-0.4, -0.2) is 41.8 Å². The summed E-state index contributed by atoms with van der Waals surface area (Å²) in [5.41, 5.74) is 3.52. The van der Waals surface area contributed by atoms with Crippen molar-refractivity contribution in [3.05, 3.63) is 59.7 Å². The van der Waals surface area contributed by atoms with Gasteiger partial charge < -0.3 is 20.5 Å². The van der Waals surface area contributed by atoms with Gasteiger partial charge in [0.25, 0.3) is 0 Å². The second-order valence-corrected chi connectivity index (χ2v) is 10.1. The van der Waals surface area contributed by atoms with E-state index in [4.69, 9.17) is 4.74 Å². The van der Waals surface area contributed by atoms with E-state index in [2.05, 4.69) is 34.9 Å². The van der Waals surface area contributed by atoms with Gasteiger partial charge in [-0.3, -0.25) is 4.79 Å². The Morgan fingerprint density at radius 2 is 1.51 bits per heavy atom. The summed E-state index contributed by atoms with van der Waals surface area (Å²) in [4.78, 5) is 37.1. The zero-order valence-corrected chi connectivity index (χ0v) is 19.8. The van der Waals surface area contributed by atoms with Crippen LogP contribution in [0.1, 0.15) is 62.0 Å². The molecular formula is C28H32N2O5. The maximum atomic E-state index is 12.8. The first-order valence-corrected chi connectivity index (χ1v) is 12.6. The molecule has 0 unspecified atom stereocenters. The van der Waals surface area contributed by atoms with E-state index in [-0.39, 0.29) is 30.3 Å². The highest BCUT2D eigenvalue weighted by Crippen LogP contribution is 2.44. The minimum absolute atomic E-state index is 0.000570. The predicted molar refractivity (Wildman–Crippen MR) is 131 cm³/mol. The Kier molecular flexibility index (Phi) is 6.50. The van der Waals surface area contributed by atoms with Gasteiger partial charge in [-0.1, -0.05) is 74.2 Å². The molecule has 0 spiro atoms. The Morgan fingerprint density at radius 3 is 2.11 bits per heavy atom. The summed E-state index contributed by atoms with van der Waals surface area (Å²) in [5.74, 6) is -1.41. The van der Waals surface area contributed by atoms with Crippen molar-refractivity contribution in [2.75, 3.05) is 13.2 Å². The number of alkyl carbamates (subject to hydrolysis) is 1. The molecule has 2 fully saturated rings. The van der Waals surface area contributed by atoms with Crippen LogP contribution in [0, 0.1) is 11.8 Å². The molecule has 184 valence electrons. The number of carboxylic acid groups (broad SMARTS) is 1. The van der Waals surface area contributed by atoms with Gasteiger partial charge in [0.1, 0.15) is 12.1 Å². The minimum atomic E-state index is -1.15. The molecule has 0 saturated heterocycles. The molecule has 3 N–H and O–H groups in total. The van der Waals surface area contributed by atoms with Gasteiger partial charge in [0.15, 0.2) is 0 Å². The number of aliphatic carboxylic acids is 1. The van der Waals surface area contributed by atoms with Gasteiger partial charge in [-0.15, -0.1) is 0 Å². The van der Waals surface area contributed by atoms with Crippen molar-refractivity contribution in [1.29, 1.82) is 0 Å². The minimum Gasteiger partial charge on any atom is -0.480 e. The highest BCUT2D eigenvalue weighted by Gasteiger charge is 2.48. The molecule has 2 aromatic carbocycles. The summed E-state index contributed by atoms with van der Waals surface area (Å²) >= 11 is 0. The first kappa shape index (κ1) is 23.4. The molecule has 2 atom stereocenters. The Hall–Kier alpha value is -3.35. The van der Waals surface area contributed by atoms with Crippen LogP contribution in [0.15, 0.2) is 48.5 Å². The van der Waals surface area contributed by atoms with Crippen LogP contribution in [-0.2, 0) is 14.3 Å². The molecule has 2 amide bonds. The molecule has 35 heavy (non-hydrogen) atoms. The van der Waals surface area contributed by atoms with Crippen molar-refractivity contribution >= 4 is 18.0 Å². The molecule has 7 nitrogen and oxygen atoms in total. The van der Waals surface area contributed by atoms with Crippen LogP contribution in [0.4, 0.5) is 4.79 Å². The number of nitrogens with one attached hydrogen (secondary N) is 2. The molecule has 2 saturated carbocycles. The van der Waals surface area contributed by atoms with Gasteiger partial charge in [-0.2, -0.15) is 0 Å². The van der Waals surface area contributed by atoms with Crippen molar-refractivity contribution in [2.45, 2.75) is 56.4 Å². The molecular weight excluding hydrogens is 444 g/mol. The molecule has 0 radical (unpaired) electrons. The molecule has 2 aromatic rings. The summed E-state index contributed by atoms with van der Waals surface area (Å²) < 4.78 is 5.57. The van der Waals surface area contributed by atoms with Crippen molar-refractivity contribution in [1.82, 2.24) is 10.6 Å². The van der Waals surface area contributed by atoms with Crippen LogP contribution >= 0.6 is 0 Å². The maximum absolute atomic E-state index is 12.8. The van der Waals surface area contributed by atoms with E-state index in [1.54, 1.807) is 0 Å². The number of ether oxygens (including phenoxy) is 1. The van der Waals surface area contributed by atoms with Gasteiger partial charge in [0.2, 0.25) is 5.91 Å². The molecule has 0 heterocycles. The number of fused-ring (bicyclic) bond motifs is 3. The van der Waals surface area contributed by atoms with Crippen molar-refractivity contribution in [3.63, 3.8) is 0 Å². The fourth-order valence-electron chi connectivity index (χ4n) is 5.71. The topological polar surface area (TPSA) is 105 Å². The molecule has 0 aliphatic heterocycles. The van der Waals surface area contributed by atoms with E-state index in [0.717, 1.165) is 36.8 Å². The lowest BCUT2D eigenvalue weighted by Gasteiger charge is -2.29. The van der Waals surface area contributed by atoms with Crippen molar-refractivity contribution < 1.29 is 24.2 Å². The van der Waals surface area contributed by atoms with Crippen LogP contribution in [0.5, 0.6) is 0 Å². The normalized spacial score (nSPS) is 22.3. The molecule has 7 heteroatoms. The van der Waals surface area contributed by atoms with E-state index in [0.29, 0.717) is 25.8 Å². The predicted octanol–water partition coefficient (Wildman–Crippen LogP) is 4.46. The number of carboxylic acids is 1. The van der Waals surface area contributed by atoms with E-state index >= 15 is 0 Å². The lowest BCUT2D eigenvalue weighted by atomic mass is 9.90. The fraction of sp³-hybridized carbons (Fsp3) is 0.464. The smallest absolute Gasteiger partial charge is 0.407 e. The second-order valence-electron chi connectivity index (χ2n) is 10.1. The standard InChI is InChI=1S/C28H32N2O5/c31-25(30-28(26(32)33)13-7-1-2-8-14-28)23-15-18(23)16-29-27(34)35-17-24-21-11-5-3-9-19(21)20-10-4-6-12-22(20)24/h3-6,9-12,18,23-24H,1-2,7-8,13-17H2,(H,29,34)(H,30,31)(H,32,33)/t18-,23-/m0/s1. The fourth-order valence-corrected chi connectivity index (χ4v) is 5.71. The van der Waals surface area contributed by atoms with E-state index in [1.807, 2.05) is 24.3 Å². The summed E-state index contributed by atoms with van der Waals surface area (Å²) in [6.07, 6.45) is 4.72. The summed E-state index contributed by atoms with van der Waals surface area (Å²) in [7, 11) is 0. The Labute approximate surface area is 205 Å². The van der Waals surface area contributed by atoms with Crippen LogP contribution in [0.3, 0.4) is 0 Å². The number of hydrogen-bond acceptors (Lipinski definition) is 4. The van der Waals surface area contributed by atoms with E-state index < -0.39 is 17.6 Å². The van der Waals surface area contributed by atoms with Gasteiger partial charge in [0.05, 0.1) is 0 Å². The van der Waals surface area contributed by atoms with Gasteiger partial charge in [0, 0.05) is 18.4 Å². The highest BCUT2D eigenvalue weighted by molar-refractivity contribution is 5.89. The highest BCUT2D eigenvalue weighted by atomic mass is 16.5. The number of rotatable bonds is 7. The molecule has 5 rings (SSSR count). The Bertz CT molecular complexity index is 1080. The van der Waals surface area contributed by atoms with Crippen molar-refractivity contribution in [3.8, 4) is 11.1 Å². The third-order valence-corrected chi connectivity index (χ3v) is 7.84.